The lowest BCUT2D eigenvalue weighted by Gasteiger charge is -2.32. The Hall–Kier alpha value is -3.27. The molecule has 2 atom stereocenters. The fourth-order valence-corrected chi connectivity index (χ4v) is 4.47. The number of nitrogens with zero attached hydrogens (tertiary/aromatic N) is 2. The maximum Gasteiger partial charge on any atom is 0.244 e. The second kappa shape index (κ2) is 11.4. The van der Waals surface area contributed by atoms with Crippen LogP contribution in [0.1, 0.15) is 32.8 Å². The summed E-state index contributed by atoms with van der Waals surface area (Å²) in [5, 5.41) is 2.90. The molecule has 0 radical (unpaired) electrons. The molecule has 9 nitrogen and oxygen atoms in total. The zero-order chi connectivity index (χ0) is 25.6. The second-order valence-corrected chi connectivity index (χ2v) is 10.5. The number of rotatable bonds is 10. The van der Waals surface area contributed by atoms with Crippen molar-refractivity contribution in [2.24, 2.45) is 0 Å². The first kappa shape index (κ1) is 26.3. The maximum atomic E-state index is 13.6. The highest BCUT2D eigenvalue weighted by Crippen LogP contribution is 2.34. The summed E-state index contributed by atoms with van der Waals surface area (Å²) in [6, 6.07) is 13.1. The Morgan fingerprint density at radius 3 is 2.31 bits per heavy atom. The third kappa shape index (κ3) is 6.88. The van der Waals surface area contributed by atoms with Crippen LogP contribution in [0.4, 0.5) is 5.69 Å². The molecule has 1 aliphatic heterocycles. The van der Waals surface area contributed by atoms with E-state index >= 15 is 0 Å². The predicted octanol–water partition coefficient (Wildman–Crippen LogP) is 2.56. The average Bonchev–Trinajstić information content (AvgIpc) is 2.84. The van der Waals surface area contributed by atoms with Gasteiger partial charge in [-0.25, -0.2) is 8.42 Å². The van der Waals surface area contributed by atoms with E-state index in [4.69, 9.17) is 9.47 Å². The molecule has 1 N–H and O–H groups in total. The summed E-state index contributed by atoms with van der Waals surface area (Å²) in [5.74, 6) is 0.132. The quantitative estimate of drug-likeness (QED) is 0.534. The molecule has 0 bridgehead atoms. The number of sulfonamides is 1. The van der Waals surface area contributed by atoms with Gasteiger partial charge < -0.3 is 19.7 Å². The zero-order valence-electron chi connectivity index (χ0n) is 20.6. The summed E-state index contributed by atoms with van der Waals surface area (Å²) in [6.45, 7) is 5.95. The van der Waals surface area contributed by atoms with Crippen molar-refractivity contribution < 1.29 is 27.5 Å². The molecule has 1 aliphatic rings. The predicted molar refractivity (Wildman–Crippen MR) is 134 cm³/mol. The normalized spacial score (nSPS) is 14.5. The standard InChI is InChI=1S/C25H33N3O6S/c1-5-18(2)26-25(30)19(3)27(16-20-9-7-6-8-10-20)24(29)17-28(35(4,31)32)21-11-12-22-23(15-21)34-14-13-33-22/h6-12,15,18-19H,5,13-14,16-17H2,1-4H3,(H,26,30)/t18-,19-/m0/s1. The van der Waals surface area contributed by atoms with Crippen molar-refractivity contribution in [2.45, 2.75) is 45.8 Å². The molecule has 1 heterocycles. The lowest BCUT2D eigenvalue weighted by Crippen LogP contribution is -2.52. The van der Waals surface area contributed by atoms with E-state index in [1.165, 1.54) is 4.90 Å². The van der Waals surface area contributed by atoms with Crippen molar-refractivity contribution in [3.05, 3.63) is 54.1 Å². The van der Waals surface area contributed by atoms with Crippen molar-refractivity contribution in [1.29, 1.82) is 0 Å². The van der Waals surface area contributed by atoms with Crippen molar-refractivity contribution in [1.82, 2.24) is 10.2 Å². The van der Waals surface area contributed by atoms with Gasteiger partial charge in [0.05, 0.1) is 11.9 Å². The van der Waals surface area contributed by atoms with Crippen molar-refractivity contribution in [3.8, 4) is 11.5 Å². The lowest BCUT2D eigenvalue weighted by molar-refractivity contribution is -0.139. The van der Waals surface area contributed by atoms with Crippen LogP contribution in [-0.4, -0.2) is 63.2 Å². The zero-order valence-corrected chi connectivity index (χ0v) is 21.4. The van der Waals surface area contributed by atoms with Crippen LogP contribution in [0.15, 0.2) is 48.5 Å². The minimum atomic E-state index is -3.83. The molecule has 2 amide bonds. The minimum Gasteiger partial charge on any atom is -0.486 e. The SMILES string of the molecule is CC[C@H](C)NC(=O)[C@H](C)N(Cc1ccccc1)C(=O)CN(c1ccc2c(c1)OCCO2)S(C)(=O)=O. The molecule has 0 saturated heterocycles. The number of ether oxygens (including phenoxy) is 2. The molecule has 0 unspecified atom stereocenters. The summed E-state index contributed by atoms with van der Waals surface area (Å²) < 4.78 is 37.5. The number of hydrogen-bond donors (Lipinski definition) is 1. The molecular formula is C25H33N3O6S. The van der Waals surface area contributed by atoms with Gasteiger partial charge in [-0.3, -0.25) is 13.9 Å². The molecule has 0 aliphatic carbocycles. The highest BCUT2D eigenvalue weighted by Gasteiger charge is 2.31. The Labute approximate surface area is 207 Å². The first-order valence-corrected chi connectivity index (χ1v) is 13.5. The van der Waals surface area contributed by atoms with Crippen LogP contribution in [0.25, 0.3) is 0 Å². The van der Waals surface area contributed by atoms with E-state index in [-0.39, 0.29) is 24.2 Å². The Balaban J connectivity index is 1.89. The van der Waals surface area contributed by atoms with Crippen LogP contribution >= 0.6 is 0 Å². The number of benzene rings is 2. The van der Waals surface area contributed by atoms with E-state index in [9.17, 15) is 18.0 Å². The number of anilines is 1. The highest BCUT2D eigenvalue weighted by molar-refractivity contribution is 7.92. The molecular weight excluding hydrogens is 470 g/mol. The molecule has 0 spiro atoms. The first-order chi connectivity index (χ1) is 16.6. The van der Waals surface area contributed by atoms with Crippen LogP contribution in [0.3, 0.4) is 0 Å². The van der Waals surface area contributed by atoms with Crippen LogP contribution in [0.2, 0.25) is 0 Å². The molecule has 2 aromatic rings. The number of nitrogens with one attached hydrogen (secondary N) is 1. The Morgan fingerprint density at radius 1 is 1.03 bits per heavy atom. The van der Waals surface area contributed by atoms with Crippen LogP contribution in [0.5, 0.6) is 11.5 Å². The van der Waals surface area contributed by atoms with Gasteiger partial charge in [-0.1, -0.05) is 37.3 Å². The first-order valence-electron chi connectivity index (χ1n) is 11.6. The Bertz CT molecular complexity index is 1140. The van der Waals surface area contributed by atoms with Gasteiger partial charge in [-0.05, 0) is 38.0 Å². The smallest absolute Gasteiger partial charge is 0.244 e. The van der Waals surface area contributed by atoms with E-state index in [0.717, 1.165) is 22.5 Å². The van der Waals surface area contributed by atoms with Crippen molar-refractivity contribution >= 4 is 27.5 Å². The molecule has 35 heavy (non-hydrogen) atoms. The van der Waals surface area contributed by atoms with Crippen molar-refractivity contribution in [2.75, 3.05) is 30.3 Å². The van der Waals surface area contributed by atoms with Gasteiger partial charge in [0.1, 0.15) is 25.8 Å². The third-order valence-electron chi connectivity index (χ3n) is 5.86. The van der Waals surface area contributed by atoms with E-state index in [1.54, 1.807) is 25.1 Å². The summed E-state index contributed by atoms with van der Waals surface area (Å²) in [7, 11) is -3.83. The summed E-state index contributed by atoms with van der Waals surface area (Å²) in [6.07, 6.45) is 1.79. The van der Waals surface area contributed by atoms with Crippen LogP contribution < -0.4 is 19.1 Å². The van der Waals surface area contributed by atoms with Gasteiger partial charge in [0.25, 0.3) is 0 Å². The number of carbonyl (C=O) groups is 2. The summed E-state index contributed by atoms with van der Waals surface area (Å²) >= 11 is 0. The fraction of sp³-hybridized carbons (Fsp3) is 0.440. The number of fused-ring (bicyclic) bond motifs is 1. The van der Waals surface area contributed by atoms with E-state index in [0.29, 0.717) is 24.7 Å². The Kier molecular flexibility index (Phi) is 8.61. The molecule has 0 saturated carbocycles. The number of amides is 2. The van der Waals surface area contributed by atoms with Crippen LogP contribution in [0, 0.1) is 0 Å². The summed E-state index contributed by atoms with van der Waals surface area (Å²) in [5.41, 5.74) is 1.11. The number of hydrogen-bond acceptors (Lipinski definition) is 6. The molecule has 3 rings (SSSR count). The fourth-order valence-electron chi connectivity index (χ4n) is 3.63. The minimum absolute atomic E-state index is 0.0520. The second-order valence-electron chi connectivity index (χ2n) is 8.60. The molecule has 10 heteroatoms. The maximum absolute atomic E-state index is 13.6. The van der Waals surface area contributed by atoms with Gasteiger partial charge in [-0.2, -0.15) is 0 Å². The van der Waals surface area contributed by atoms with Gasteiger partial charge >= 0.3 is 0 Å². The monoisotopic (exact) mass is 503 g/mol. The Morgan fingerprint density at radius 2 is 1.69 bits per heavy atom. The van der Waals surface area contributed by atoms with E-state index in [1.807, 2.05) is 44.2 Å². The highest BCUT2D eigenvalue weighted by atomic mass is 32.2. The molecule has 0 fully saturated rings. The number of carbonyl (C=O) groups excluding carboxylic acids is 2. The third-order valence-corrected chi connectivity index (χ3v) is 7.00. The van der Waals surface area contributed by atoms with E-state index < -0.39 is 28.5 Å². The summed E-state index contributed by atoms with van der Waals surface area (Å²) in [4.78, 5) is 27.9. The van der Waals surface area contributed by atoms with Crippen LogP contribution in [-0.2, 0) is 26.2 Å². The van der Waals surface area contributed by atoms with Gasteiger partial charge in [0, 0.05) is 18.7 Å². The average molecular weight is 504 g/mol. The lowest BCUT2D eigenvalue weighted by atomic mass is 10.1. The molecule has 0 aromatic heterocycles. The topological polar surface area (TPSA) is 105 Å². The molecule has 190 valence electrons. The molecule has 2 aromatic carbocycles. The van der Waals surface area contributed by atoms with E-state index in [2.05, 4.69) is 5.32 Å². The van der Waals surface area contributed by atoms with Gasteiger partial charge in [-0.15, -0.1) is 0 Å². The van der Waals surface area contributed by atoms with Gasteiger partial charge in [0.15, 0.2) is 11.5 Å². The largest absolute Gasteiger partial charge is 0.486 e. The van der Waals surface area contributed by atoms with Crippen molar-refractivity contribution in [3.63, 3.8) is 0 Å². The van der Waals surface area contributed by atoms with Gasteiger partial charge in [0.2, 0.25) is 21.8 Å².